The molecule has 5 heteroatoms. The first-order valence-corrected chi connectivity index (χ1v) is 13.2. The van der Waals surface area contributed by atoms with Gasteiger partial charge in [0, 0.05) is 28.7 Å². The predicted octanol–water partition coefficient (Wildman–Crippen LogP) is 7.38. The second-order valence-corrected chi connectivity index (χ2v) is 10.1. The Labute approximate surface area is 223 Å². The molecule has 0 bridgehead atoms. The van der Waals surface area contributed by atoms with Crippen molar-refractivity contribution >= 4 is 33.8 Å². The monoisotopic (exact) mass is 502 g/mol. The number of benzene rings is 3. The fourth-order valence-corrected chi connectivity index (χ4v) is 6.05. The summed E-state index contributed by atoms with van der Waals surface area (Å²) in [7, 11) is 0. The predicted molar refractivity (Wildman–Crippen MR) is 157 cm³/mol. The highest BCUT2D eigenvalue weighted by Crippen LogP contribution is 2.44. The summed E-state index contributed by atoms with van der Waals surface area (Å²) < 4.78 is 2.38. The molecule has 1 saturated heterocycles. The summed E-state index contributed by atoms with van der Waals surface area (Å²) in [6.45, 7) is 6.59. The summed E-state index contributed by atoms with van der Waals surface area (Å²) in [4.78, 5) is 7.00. The fraction of sp³-hybridized carbons (Fsp3) is 0.188. The van der Waals surface area contributed by atoms with E-state index in [0.29, 0.717) is 0 Å². The topological polar surface area (TPSA) is 33.1 Å². The quantitative estimate of drug-likeness (QED) is 0.254. The molecule has 0 amide bonds. The number of pyridine rings is 1. The van der Waals surface area contributed by atoms with E-state index in [-0.39, 0.29) is 12.1 Å². The number of aromatic nitrogens is 2. The number of hydrogen-bond donors (Lipinski definition) is 1. The van der Waals surface area contributed by atoms with E-state index >= 15 is 0 Å². The van der Waals surface area contributed by atoms with Crippen LogP contribution in [-0.4, -0.2) is 14.7 Å². The van der Waals surface area contributed by atoms with Crippen LogP contribution in [0, 0.1) is 13.8 Å². The molecule has 2 atom stereocenters. The lowest BCUT2D eigenvalue weighted by molar-refractivity contribution is 0.565. The molecular weight excluding hydrogens is 472 g/mol. The minimum Gasteiger partial charge on any atom is -0.351 e. The average Bonchev–Trinajstić information content (AvgIpc) is 3.43. The summed E-state index contributed by atoms with van der Waals surface area (Å²) in [5.41, 5.74) is 8.23. The van der Waals surface area contributed by atoms with Gasteiger partial charge in [0.15, 0.2) is 5.11 Å². The van der Waals surface area contributed by atoms with E-state index in [0.717, 1.165) is 22.9 Å². The molecule has 37 heavy (non-hydrogen) atoms. The smallest absolute Gasteiger partial charge is 0.174 e. The molecule has 1 N–H and O–H groups in total. The molecule has 5 aromatic rings. The lowest BCUT2D eigenvalue weighted by atomic mass is 9.96. The number of nitrogens with one attached hydrogen (secondary N) is 1. The van der Waals surface area contributed by atoms with Gasteiger partial charge < -0.3 is 14.8 Å². The number of nitrogens with zero attached hydrogens (tertiary/aromatic N) is 3. The molecule has 184 valence electrons. The van der Waals surface area contributed by atoms with E-state index in [4.69, 9.17) is 17.2 Å². The molecule has 0 saturated carbocycles. The van der Waals surface area contributed by atoms with Crippen LogP contribution in [0.15, 0.2) is 97.2 Å². The first-order valence-electron chi connectivity index (χ1n) is 12.8. The van der Waals surface area contributed by atoms with E-state index < -0.39 is 0 Å². The molecule has 3 heterocycles. The fourth-order valence-electron chi connectivity index (χ4n) is 5.70. The van der Waals surface area contributed by atoms with Crippen LogP contribution in [0.4, 0.5) is 5.69 Å². The Morgan fingerprint density at radius 2 is 1.65 bits per heavy atom. The molecule has 1 aliphatic rings. The third kappa shape index (κ3) is 4.00. The maximum atomic E-state index is 5.96. The van der Waals surface area contributed by atoms with Crippen LogP contribution >= 0.6 is 12.2 Å². The van der Waals surface area contributed by atoms with E-state index in [9.17, 15) is 0 Å². The normalized spacial score (nSPS) is 17.4. The zero-order chi connectivity index (χ0) is 25.5. The van der Waals surface area contributed by atoms with Crippen molar-refractivity contribution in [3.8, 4) is 5.69 Å². The van der Waals surface area contributed by atoms with Crippen LogP contribution in [0.25, 0.3) is 16.5 Å². The minimum atomic E-state index is -0.0685. The van der Waals surface area contributed by atoms with Crippen molar-refractivity contribution in [1.29, 1.82) is 0 Å². The molecule has 0 aliphatic carbocycles. The van der Waals surface area contributed by atoms with Crippen LogP contribution in [0.1, 0.15) is 47.2 Å². The third-order valence-electron chi connectivity index (χ3n) is 7.52. The first-order chi connectivity index (χ1) is 18.1. The number of rotatable bonds is 5. The van der Waals surface area contributed by atoms with Crippen LogP contribution in [0.2, 0.25) is 0 Å². The molecule has 0 radical (unpaired) electrons. The Hall–Kier alpha value is -3.96. The van der Waals surface area contributed by atoms with Crippen molar-refractivity contribution in [3.05, 3.63) is 125 Å². The maximum Gasteiger partial charge on any atom is 0.174 e. The van der Waals surface area contributed by atoms with Crippen molar-refractivity contribution in [1.82, 2.24) is 14.9 Å². The Balaban J connectivity index is 1.53. The van der Waals surface area contributed by atoms with Gasteiger partial charge in [-0.25, -0.2) is 0 Å². The minimum absolute atomic E-state index is 0.0372. The van der Waals surface area contributed by atoms with Crippen LogP contribution in [0.5, 0.6) is 0 Å². The molecule has 1 aliphatic heterocycles. The van der Waals surface area contributed by atoms with E-state index in [1.165, 1.54) is 39.0 Å². The number of aryl methyl sites for hydroxylation is 2. The summed E-state index contributed by atoms with van der Waals surface area (Å²) in [6.07, 6.45) is 2.87. The van der Waals surface area contributed by atoms with Crippen LogP contribution in [0.3, 0.4) is 0 Å². The standard InChI is InChI=1S/C32H30N4S/c1-4-23-15-17-25(18-16-23)36-31(30(34-32(36)37)28-13-7-8-19-33-28)27-20-21(2)35(22(27)3)29-14-9-11-24-10-5-6-12-26(24)29/h5-20,30-31H,4H2,1-3H3,(H,34,37)/t30-,31-/m0/s1. The van der Waals surface area contributed by atoms with Gasteiger partial charge in [0.25, 0.3) is 0 Å². The molecule has 0 unspecified atom stereocenters. The second kappa shape index (κ2) is 9.49. The first kappa shape index (κ1) is 23.4. The molecule has 6 rings (SSSR count). The molecule has 2 aromatic heterocycles. The SMILES string of the molecule is CCc1ccc(N2C(=S)N[C@@H](c3ccccn3)[C@@H]2c2cc(C)n(-c3cccc4ccccc34)c2C)cc1. The van der Waals surface area contributed by atoms with Crippen molar-refractivity contribution in [2.45, 2.75) is 39.3 Å². The van der Waals surface area contributed by atoms with Gasteiger partial charge in [-0.05, 0) is 85.4 Å². The van der Waals surface area contributed by atoms with Gasteiger partial charge in [-0.15, -0.1) is 0 Å². The lowest BCUT2D eigenvalue weighted by Crippen LogP contribution is -2.29. The molecule has 3 aromatic carbocycles. The van der Waals surface area contributed by atoms with Gasteiger partial charge in [0.2, 0.25) is 0 Å². The second-order valence-electron chi connectivity index (χ2n) is 9.68. The van der Waals surface area contributed by atoms with E-state index in [1.54, 1.807) is 0 Å². The molecule has 4 nitrogen and oxygen atoms in total. The highest BCUT2D eigenvalue weighted by Gasteiger charge is 2.42. The van der Waals surface area contributed by atoms with Crippen LogP contribution in [-0.2, 0) is 6.42 Å². The summed E-state index contributed by atoms with van der Waals surface area (Å²) in [5, 5.41) is 6.81. The Morgan fingerprint density at radius 3 is 2.41 bits per heavy atom. The summed E-state index contributed by atoms with van der Waals surface area (Å²) >= 11 is 5.96. The van der Waals surface area contributed by atoms with Crippen molar-refractivity contribution < 1.29 is 0 Å². The van der Waals surface area contributed by atoms with Crippen molar-refractivity contribution in [2.75, 3.05) is 4.90 Å². The Morgan fingerprint density at radius 1 is 0.892 bits per heavy atom. The van der Waals surface area contributed by atoms with Crippen LogP contribution < -0.4 is 10.2 Å². The lowest BCUT2D eigenvalue weighted by Gasteiger charge is -2.28. The Bertz CT molecular complexity index is 1580. The van der Waals surface area contributed by atoms with E-state index in [2.05, 4.69) is 114 Å². The maximum absolute atomic E-state index is 5.96. The largest absolute Gasteiger partial charge is 0.351 e. The van der Waals surface area contributed by atoms with E-state index in [1.807, 2.05) is 18.3 Å². The van der Waals surface area contributed by atoms with Gasteiger partial charge in [-0.3, -0.25) is 4.98 Å². The summed E-state index contributed by atoms with van der Waals surface area (Å²) in [5.74, 6) is 0. The number of thiocarbonyl (C=S) groups is 1. The number of anilines is 1. The highest BCUT2D eigenvalue weighted by molar-refractivity contribution is 7.80. The molecule has 1 fully saturated rings. The van der Waals surface area contributed by atoms with Crippen molar-refractivity contribution in [3.63, 3.8) is 0 Å². The van der Waals surface area contributed by atoms with Gasteiger partial charge in [0.05, 0.1) is 23.5 Å². The third-order valence-corrected chi connectivity index (χ3v) is 7.83. The number of fused-ring (bicyclic) bond motifs is 1. The van der Waals surface area contributed by atoms with Gasteiger partial charge in [-0.1, -0.05) is 61.5 Å². The molecule has 0 spiro atoms. The highest BCUT2D eigenvalue weighted by atomic mass is 32.1. The Kier molecular flexibility index (Phi) is 6.01. The van der Waals surface area contributed by atoms with Gasteiger partial charge >= 0.3 is 0 Å². The zero-order valence-electron chi connectivity index (χ0n) is 21.3. The zero-order valence-corrected chi connectivity index (χ0v) is 22.2. The van der Waals surface area contributed by atoms with Crippen molar-refractivity contribution in [2.24, 2.45) is 0 Å². The summed E-state index contributed by atoms with van der Waals surface area (Å²) in [6, 6.07) is 32.2. The average molecular weight is 503 g/mol. The molecular formula is C32H30N4S. The van der Waals surface area contributed by atoms with Gasteiger partial charge in [-0.2, -0.15) is 0 Å². The number of hydrogen-bond acceptors (Lipinski definition) is 2. The van der Waals surface area contributed by atoms with Gasteiger partial charge in [0.1, 0.15) is 0 Å².